The van der Waals surface area contributed by atoms with Crippen LogP contribution in [-0.4, -0.2) is 24.4 Å². The number of carbonyl (C=O) groups excluding carboxylic acids is 3. The maximum absolute atomic E-state index is 12.4. The molecule has 3 aromatic rings. The number of hydrogen-bond donors (Lipinski definition) is 2. The van der Waals surface area contributed by atoms with E-state index < -0.39 is 24.4 Å². The van der Waals surface area contributed by atoms with Crippen molar-refractivity contribution in [1.29, 1.82) is 0 Å². The average Bonchev–Trinajstić information content (AvgIpc) is 2.80. The number of esters is 1. The molecule has 0 saturated heterocycles. The number of rotatable bonds is 7. The monoisotopic (exact) mass is 482 g/mol. The van der Waals surface area contributed by atoms with Crippen molar-refractivity contribution in [2.75, 3.05) is 6.61 Å². The zero-order chi connectivity index (χ0) is 22.1. The molecule has 3 aromatic carbocycles. The van der Waals surface area contributed by atoms with E-state index in [1.54, 1.807) is 54.6 Å². The van der Waals surface area contributed by atoms with E-state index in [0.717, 1.165) is 10.0 Å². The third kappa shape index (κ3) is 6.68. The fraction of sp³-hybridized carbons (Fsp3) is 0.0870. The lowest BCUT2D eigenvalue weighted by Gasteiger charge is -2.12. The zero-order valence-corrected chi connectivity index (χ0v) is 17.9. The predicted molar refractivity (Wildman–Crippen MR) is 117 cm³/mol. The molecule has 0 bridgehead atoms. The quantitative estimate of drug-likeness (QED) is 0.396. The number of benzene rings is 3. The summed E-state index contributed by atoms with van der Waals surface area (Å²) in [6.45, 7) is -0.302. The van der Waals surface area contributed by atoms with Gasteiger partial charge in [0.25, 0.3) is 11.8 Å². The number of halogens is 1. The molecule has 8 heteroatoms. The molecule has 158 valence electrons. The Labute approximate surface area is 187 Å². The summed E-state index contributed by atoms with van der Waals surface area (Å²) < 4.78 is 11.7. The van der Waals surface area contributed by atoms with Crippen LogP contribution in [0.3, 0.4) is 0 Å². The summed E-state index contributed by atoms with van der Waals surface area (Å²) in [5, 5.41) is 0. The predicted octanol–water partition coefficient (Wildman–Crippen LogP) is 3.65. The first kappa shape index (κ1) is 22.0. The Morgan fingerprint density at radius 3 is 2.35 bits per heavy atom. The van der Waals surface area contributed by atoms with Gasteiger partial charge >= 0.3 is 5.97 Å². The van der Waals surface area contributed by atoms with Gasteiger partial charge in [-0.15, -0.1) is 0 Å². The van der Waals surface area contributed by atoms with Gasteiger partial charge in [-0.25, -0.2) is 4.79 Å². The number of ether oxygens (including phenoxy) is 2. The lowest BCUT2D eigenvalue weighted by atomic mass is 10.2. The van der Waals surface area contributed by atoms with Crippen molar-refractivity contribution in [2.45, 2.75) is 6.61 Å². The number of hydrogen-bond acceptors (Lipinski definition) is 5. The lowest BCUT2D eigenvalue weighted by molar-refractivity contribution is -0.125. The van der Waals surface area contributed by atoms with Crippen molar-refractivity contribution in [3.8, 4) is 5.75 Å². The van der Waals surface area contributed by atoms with Crippen LogP contribution < -0.4 is 15.6 Å². The van der Waals surface area contributed by atoms with Gasteiger partial charge in [0, 0.05) is 10.0 Å². The fourth-order valence-electron chi connectivity index (χ4n) is 2.58. The van der Waals surface area contributed by atoms with Crippen LogP contribution >= 0.6 is 15.9 Å². The van der Waals surface area contributed by atoms with Gasteiger partial charge in [0.05, 0.1) is 0 Å². The highest BCUT2D eigenvalue weighted by molar-refractivity contribution is 9.10. The molecule has 0 saturated carbocycles. The minimum absolute atomic E-state index is 0.193. The average molecular weight is 483 g/mol. The Morgan fingerprint density at radius 1 is 0.839 bits per heavy atom. The number of para-hydroxylation sites is 1. The second-order valence-electron chi connectivity index (χ2n) is 6.36. The molecule has 0 radical (unpaired) electrons. The molecular weight excluding hydrogens is 464 g/mol. The SMILES string of the molecule is O=C(COC(=O)c1ccccc1OCc1cccc(Br)c1)NNC(=O)c1ccccc1. The summed E-state index contributed by atoms with van der Waals surface area (Å²) in [4.78, 5) is 36.2. The molecular formula is C23H19BrN2O5. The number of nitrogens with one attached hydrogen (secondary N) is 2. The summed E-state index contributed by atoms with van der Waals surface area (Å²) >= 11 is 3.40. The van der Waals surface area contributed by atoms with E-state index in [-0.39, 0.29) is 12.2 Å². The van der Waals surface area contributed by atoms with Crippen LogP contribution in [0.2, 0.25) is 0 Å². The van der Waals surface area contributed by atoms with E-state index >= 15 is 0 Å². The number of hydrazine groups is 1. The second-order valence-corrected chi connectivity index (χ2v) is 7.27. The molecule has 0 aliphatic carbocycles. The molecule has 0 fully saturated rings. The summed E-state index contributed by atoms with van der Waals surface area (Å²) in [6.07, 6.45) is 0. The fourth-order valence-corrected chi connectivity index (χ4v) is 3.03. The van der Waals surface area contributed by atoms with Gasteiger partial charge in [-0.05, 0) is 42.0 Å². The highest BCUT2D eigenvalue weighted by atomic mass is 79.9. The van der Waals surface area contributed by atoms with Crippen molar-refractivity contribution < 1.29 is 23.9 Å². The Hall–Kier alpha value is -3.65. The number of amides is 2. The normalized spacial score (nSPS) is 10.1. The minimum atomic E-state index is -0.714. The zero-order valence-electron chi connectivity index (χ0n) is 16.3. The Morgan fingerprint density at radius 2 is 1.58 bits per heavy atom. The smallest absolute Gasteiger partial charge is 0.342 e. The molecule has 0 aliphatic heterocycles. The van der Waals surface area contributed by atoms with Crippen LogP contribution in [0.25, 0.3) is 0 Å². The van der Waals surface area contributed by atoms with Gasteiger partial charge in [-0.3, -0.25) is 20.4 Å². The van der Waals surface area contributed by atoms with Gasteiger partial charge in [0.15, 0.2) is 6.61 Å². The van der Waals surface area contributed by atoms with E-state index in [0.29, 0.717) is 11.3 Å². The van der Waals surface area contributed by atoms with Gasteiger partial charge in [0.2, 0.25) is 0 Å². The first-order valence-electron chi connectivity index (χ1n) is 9.30. The van der Waals surface area contributed by atoms with E-state index in [2.05, 4.69) is 26.8 Å². The maximum atomic E-state index is 12.4. The largest absolute Gasteiger partial charge is 0.488 e. The molecule has 0 unspecified atom stereocenters. The molecule has 31 heavy (non-hydrogen) atoms. The summed E-state index contributed by atoms with van der Waals surface area (Å²) in [7, 11) is 0. The van der Waals surface area contributed by atoms with Crippen LogP contribution in [0.1, 0.15) is 26.3 Å². The lowest BCUT2D eigenvalue weighted by Crippen LogP contribution is -2.43. The third-order valence-corrected chi connectivity index (χ3v) is 4.57. The van der Waals surface area contributed by atoms with Crippen molar-refractivity contribution in [3.05, 3.63) is 100 Å². The molecule has 7 nitrogen and oxygen atoms in total. The second kappa shape index (κ2) is 10.9. The van der Waals surface area contributed by atoms with Crippen molar-refractivity contribution >= 4 is 33.7 Å². The first-order chi connectivity index (χ1) is 15.0. The third-order valence-electron chi connectivity index (χ3n) is 4.08. The molecule has 3 rings (SSSR count). The maximum Gasteiger partial charge on any atom is 0.342 e. The standard InChI is InChI=1S/C23H19BrN2O5/c24-18-10-6-7-16(13-18)14-30-20-12-5-4-11-19(20)23(29)31-15-21(27)25-26-22(28)17-8-2-1-3-9-17/h1-13H,14-15H2,(H,25,27)(H,26,28). The molecule has 0 aromatic heterocycles. The molecule has 2 N–H and O–H groups in total. The Balaban J connectivity index is 1.51. The van der Waals surface area contributed by atoms with Gasteiger partial charge in [0.1, 0.15) is 17.9 Å². The molecule has 0 aliphatic rings. The summed E-state index contributed by atoms with van der Waals surface area (Å²) in [6, 6.07) is 22.6. The minimum Gasteiger partial charge on any atom is -0.488 e. The highest BCUT2D eigenvalue weighted by Crippen LogP contribution is 2.21. The van der Waals surface area contributed by atoms with E-state index in [1.165, 1.54) is 0 Å². The van der Waals surface area contributed by atoms with Gasteiger partial charge in [-0.1, -0.05) is 58.4 Å². The summed E-state index contributed by atoms with van der Waals surface area (Å²) in [5.74, 6) is -1.53. The molecule has 0 atom stereocenters. The topological polar surface area (TPSA) is 93.7 Å². The Bertz CT molecular complexity index is 1070. The van der Waals surface area contributed by atoms with E-state index in [4.69, 9.17) is 9.47 Å². The Kier molecular flexibility index (Phi) is 7.78. The van der Waals surface area contributed by atoms with Crippen molar-refractivity contribution in [1.82, 2.24) is 10.9 Å². The summed E-state index contributed by atoms with van der Waals surface area (Å²) in [5.41, 5.74) is 5.96. The van der Waals surface area contributed by atoms with Crippen molar-refractivity contribution in [2.24, 2.45) is 0 Å². The van der Waals surface area contributed by atoms with Crippen LogP contribution in [0.4, 0.5) is 0 Å². The molecule has 0 spiro atoms. The van der Waals surface area contributed by atoms with Crippen LogP contribution in [0, 0.1) is 0 Å². The molecule has 0 heterocycles. The first-order valence-corrected chi connectivity index (χ1v) is 10.1. The van der Waals surface area contributed by atoms with Gasteiger partial charge in [-0.2, -0.15) is 0 Å². The van der Waals surface area contributed by atoms with Gasteiger partial charge < -0.3 is 9.47 Å². The highest BCUT2D eigenvalue weighted by Gasteiger charge is 2.16. The van der Waals surface area contributed by atoms with Crippen molar-refractivity contribution in [3.63, 3.8) is 0 Å². The van der Waals surface area contributed by atoms with E-state index in [9.17, 15) is 14.4 Å². The van der Waals surface area contributed by atoms with Crippen LogP contribution in [0.5, 0.6) is 5.75 Å². The number of carbonyl (C=O) groups is 3. The van der Waals surface area contributed by atoms with E-state index in [1.807, 2.05) is 24.3 Å². The van der Waals surface area contributed by atoms with Crippen LogP contribution in [0.15, 0.2) is 83.3 Å². The molecule has 2 amide bonds. The van der Waals surface area contributed by atoms with Crippen LogP contribution in [-0.2, 0) is 16.1 Å².